The normalized spacial score (nSPS) is 16.4. The number of hydrogen-bond donors (Lipinski definition) is 1. The molecule has 1 saturated heterocycles. The van der Waals surface area contributed by atoms with Crippen LogP contribution >= 0.6 is 0 Å². The summed E-state index contributed by atoms with van der Waals surface area (Å²) in [6, 6.07) is 8.72. The fourth-order valence-corrected chi connectivity index (χ4v) is 5.57. The molecule has 10 nitrogen and oxygen atoms in total. The summed E-state index contributed by atoms with van der Waals surface area (Å²) < 4.78 is 52.8. The lowest BCUT2D eigenvalue weighted by Crippen LogP contribution is -2.46. The van der Waals surface area contributed by atoms with Gasteiger partial charge in [-0.2, -0.15) is 8.61 Å². The monoisotopic (exact) mass is 467 g/mol. The minimum absolute atomic E-state index is 0.0104. The molecule has 168 valence electrons. The maximum Gasteiger partial charge on any atom is 0.244 e. The van der Waals surface area contributed by atoms with Gasteiger partial charge in [-0.1, -0.05) is 0 Å². The third kappa shape index (κ3) is 5.46. The molecule has 0 aliphatic carbocycles. The van der Waals surface area contributed by atoms with Crippen molar-refractivity contribution in [1.82, 2.24) is 18.5 Å². The first-order chi connectivity index (χ1) is 14.6. The molecule has 0 saturated carbocycles. The van der Waals surface area contributed by atoms with Crippen LogP contribution in [0.4, 0.5) is 5.69 Å². The largest absolute Gasteiger partial charge is 0.325 e. The van der Waals surface area contributed by atoms with Gasteiger partial charge in [0.2, 0.25) is 26.0 Å². The summed E-state index contributed by atoms with van der Waals surface area (Å²) in [6.45, 7) is 1.79. The molecule has 0 bridgehead atoms. The molecule has 2 aromatic rings. The molecule has 1 fully saturated rings. The highest BCUT2D eigenvalue weighted by molar-refractivity contribution is 7.89. The maximum atomic E-state index is 12.8. The van der Waals surface area contributed by atoms with Crippen molar-refractivity contribution in [2.24, 2.45) is 0 Å². The van der Waals surface area contributed by atoms with Crippen molar-refractivity contribution in [3.63, 3.8) is 0 Å². The first-order valence-electron chi connectivity index (χ1n) is 9.56. The number of nitrogens with zero attached hydrogens (tertiary/aromatic N) is 4. The fraction of sp³-hybridized carbons (Fsp3) is 0.368. The van der Waals surface area contributed by atoms with E-state index in [1.165, 1.54) is 60.1 Å². The highest BCUT2D eigenvalue weighted by Crippen LogP contribution is 2.20. The van der Waals surface area contributed by atoms with Crippen LogP contribution in [0, 0.1) is 0 Å². The molecule has 1 aliphatic heterocycles. The lowest BCUT2D eigenvalue weighted by atomic mass is 10.3. The molecule has 1 aromatic heterocycles. The zero-order valence-corrected chi connectivity index (χ0v) is 18.9. The highest BCUT2D eigenvalue weighted by atomic mass is 32.2. The van der Waals surface area contributed by atoms with Gasteiger partial charge in [-0.15, -0.1) is 0 Å². The minimum Gasteiger partial charge on any atom is -0.325 e. The number of rotatable bonds is 7. The number of piperazine rings is 1. The molecule has 31 heavy (non-hydrogen) atoms. The van der Waals surface area contributed by atoms with Crippen molar-refractivity contribution in [2.45, 2.75) is 9.79 Å². The van der Waals surface area contributed by atoms with E-state index in [9.17, 15) is 21.6 Å². The number of anilines is 1. The zero-order chi connectivity index (χ0) is 22.6. The van der Waals surface area contributed by atoms with Crippen molar-refractivity contribution >= 4 is 31.6 Å². The number of likely N-dealkylation sites (N-methyl/N-ethyl adjacent to an activating group) is 2. The molecule has 1 amide bonds. The summed E-state index contributed by atoms with van der Waals surface area (Å²) in [5, 5.41) is 2.58. The number of pyridine rings is 1. The minimum atomic E-state index is -3.85. The van der Waals surface area contributed by atoms with Crippen LogP contribution in [0.25, 0.3) is 0 Å². The van der Waals surface area contributed by atoms with Gasteiger partial charge in [-0.3, -0.25) is 9.78 Å². The lowest BCUT2D eigenvalue weighted by Gasteiger charge is -2.31. The van der Waals surface area contributed by atoms with Gasteiger partial charge in [-0.05, 0) is 43.4 Å². The summed E-state index contributed by atoms with van der Waals surface area (Å²) in [6.07, 6.45) is 2.67. The first kappa shape index (κ1) is 23.3. The number of sulfonamides is 2. The molecule has 1 N–H and O–H groups in total. The summed E-state index contributed by atoms with van der Waals surface area (Å²) >= 11 is 0. The van der Waals surface area contributed by atoms with Gasteiger partial charge < -0.3 is 10.2 Å². The average molecular weight is 468 g/mol. The van der Waals surface area contributed by atoms with Crippen LogP contribution in [0.5, 0.6) is 0 Å². The van der Waals surface area contributed by atoms with Gasteiger partial charge in [0, 0.05) is 51.3 Å². The summed E-state index contributed by atoms with van der Waals surface area (Å²) in [5.74, 6) is -0.551. The van der Waals surface area contributed by atoms with Gasteiger partial charge >= 0.3 is 0 Å². The number of carbonyl (C=O) groups is 1. The molecule has 0 unspecified atom stereocenters. The van der Waals surface area contributed by atoms with E-state index in [1.54, 1.807) is 0 Å². The number of carbonyl (C=O) groups excluding carboxylic acids is 1. The fourth-order valence-electron chi connectivity index (χ4n) is 3.06. The smallest absolute Gasteiger partial charge is 0.244 e. The lowest BCUT2D eigenvalue weighted by molar-refractivity contribution is -0.116. The molecule has 1 aliphatic rings. The Balaban J connectivity index is 1.62. The van der Waals surface area contributed by atoms with E-state index in [0.717, 1.165) is 4.31 Å². The van der Waals surface area contributed by atoms with Crippen molar-refractivity contribution in [1.29, 1.82) is 0 Å². The third-order valence-corrected chi connectivity index (χ3v) is 8.65. The van der Waals surface area contributed by atoms with Crippen LogP contribution in [-0.2, 0) is 24.8 Å². The van der Waals surface area contributed by atoms with Crippen LogP contribution in [-0.4, -0.2) is 88.1 Å². The number of benzene rings is 1. The van der Waals surface area contributed by atoms with E-state index in [0.29, 0.717) is 31.9 Å². The second-order valence-corrected chi connectivity index (χ2v) is 11.2. The zero-order valence-electron chi connectivity index (χ0n) is 17.3. The molecule has 0 atom stereocenters. The van der Waals surface area contributed by atoms with E-state index >= 15 is 0 Å². The van der Waals surface area contributed by atoms with Crippen molar-refractivity contribution in [3.05, 3.63) is 48.8 Å². The van der Waals surface area contributed by atoms with E-state index in [4.69, 9.17) is 0 Å². The van der Waals surface area contributed by atoms with Crippen LogP contribution in [0.1, 0.15) is 0 Å². The van der Waals surface area contributed by atoms with E-state index in [1.807, 2.05) is 7.05 Å². The molecule has 2 heterocycles. The summed E-state index contributed by atoms with van der Waals surface area (Å²) in [7, 11) is -4.20. The highest BCUT2D eigenvalue weighted by Gasteiger charge is 2.27. The second-order valence-electron chi connectivity index (χ2n) is 7.23. The SMILES string of the molecule is CN1CCN(S(=O)(=O)c2ccc(NC(=O)CN(C)S(=O)(=O)c3cccnc3)cc2)CC1. The Bertz CT molecular complexity index is 1110. The average Bonchev–Trinajstić information content (AvgIpc) is 2.75. The molecule has 12 heteroatoms. The van der Waals surface area contributed by atoms with Gasteiger partial charge in [0.25, 0.3) is 0 Å². The Morgan fingerprint density at radius 3 is 2.26 bits per heavy atom. The van der Waals surface area contributed by atoms with E-state index < -0.39 is 32.5 Å². The van der Waals surface area contributed by atoms with Gasteiger partial charge in [0.05, 0.1) is 11.4 Å². The molecule has 1 aromatic carbocycles. The Labute approximate surface area is 182 Å². The van der Waals surface area contributed by atoms with Crippen molar-refractivity contribution < 1.29 is 21.6 Å². The van der Waals surface area contributed by atoms with Crippen molar-refractivity contribution in [3.8, 4) is 0 Å². The Kier molecular flexibility index (Phi) is 7.06. The molecular formula is C19H25N5O5S2. The van der Waals surface area contributed by atoms with Crippen LogP contribution < -0.4 is 5.32 Å². The molecular weight excluding hydrogens is 442 g/mol. The van der Waals surface area contributed by atoms with Gasteiger partial charge in [0.1, 0.15) is 4.90 Å². The third-order valence-electron chi connectivity index (χ3n) is 4.95. The Hall–Kier alpha value is -2.38. The number of nitrogens with one attached hydrogen (secondary N) is 1. The number of aromatic nitrogens is 1. The van der Waals surface area contributed by atoms with E-state index in [-0.39, 0.29) is 9.79 Å². The molecule has 3 rings (SSSR count). The Morgan fingerprint density at radius 2 is 1.68 bits per heavy atom. The topological polar surface area (TPSA) is 120 Å². The standard InChI is InChI=1S/C19H25N5O5S2/c1-22-10-12-24(13-11-22)31(28,29)17-7-5-16(6-8-17)21-19(25)15-23(2)30(26,27)18-4-3-9-20-14-18/h3-9,14H,10-13,15H2,1-2H3,(H,21,25). The van der Waals surface area contributed by atoms with Crippen LogP contribution in [0.3, 0.4) is 0 Å². The van der Waals surface area contributed by atoms with Gasteiger partial charge in [0.15, 0.2) is 0 Å². The predicted octanol–water partition coefficient (Wildman–Crippen LogP) is 0.277. The van der Waals surface area contributed by atoms with Gasteiger partial charge in [-0.25, -0.2) is 16.8 Å². The quantitative estimate of drug-likeness (QED) is 0.621. The first-order valence-corrected chi connectivity index (χ1v) is 12.4. The summed E-state index contributed by atoms with van der Waals surface area (Å²) in [4.78, 5) is 18.3. The van der Waals surface area contributed by atoms with Crippen LogP contribution in [0.2, 0.25) is 0 Å². The second kappa shape index (κ2) is 9.40. The molecule has 0 spiro atoms. The van der Waals surface area contributed by atoms with E-state index in [2.05, 4.69) is 15.2 Å². The predicted molar refractivity (Wildman–Crippen MR) is 115 cm³/mol. The van der Waals surface area contributed by atoms with Crippen LogP contribution in [0.15, 0.2) is 58.6 Å². The Morgan fingerprint density at radius 1 is 1.03 bits per heavy atom. The maximum absolute atomic E-state index is 12.8. The number of hydrogen-bond acceptors (Lipinski definition) is 7. The van der Waals surface area contributed by atoms with Crippen molar-refractivity contribution in [2.75, 3.05) is 52.1 Å². The number of amides is 1. The molecule has 0 radical (unpaired) electrons. The summed E-state index contributed by atoms with van der Waals surface area (Å²) in [5.41, 5.74) is 0.370.